The minimum atomic E-state index is -0.935. The zero-order valence-electron chi connectivity index (χ0n) is 15.8. The molecule has 2 aliphatic heterocycles. The van der Waals surface area contributed by atoms with E-state index in [4.69, 9.17) is 5.73 Å². The van der Waals surface area contributed by atoms with Gasteiger partial charge in [-0.1, -0.05) is 0 Å². The number of nitrogens with zero attached hydrogens (tertiary/aromatic N) is 2. The maximum absolute atomic E-state index is 15.3. The molecule has 29 heavy (non-hydrogen) atoms. The number of nitrogens with one attached hydrogen (secondary N) is 1. The molecular formula is C20H18F2N4O3. The number of anilines is 1. The number of hydrogen-bond acceptors (Lipinski definition) is 5. The summed E-state index contributed by atoms with van der Waals surface area (Å²) in [6.07, 6.45) is 0.209. The number of benzene rings is 1. The van der Waals surface area contributed by atoms with E-state index in [1.54, 1.807) is 13.8 Å². The van der Waals surface area contributed by atoms with Crippen LogP contribution in [0.15, 0.2) is 12.1 Å². The van der Waals surface area contributed by atoms with Gasteiger partial charge in [0.15, 0.2) is 0 Å². The molecule has 2 aromatic rings. The number of fused-ring (bicyclic) bond motifs is 1. The van der Waals surface area contributed by atoms with Gasteiger partial charge in [-0.15, -0.1) is 0 Å². The van der Waals surface area contributed by atoms with Gasteiger partial charge in [-0.3, -0.25) is 19.7 Å². The van der Waals surface area contributed by atoms with Gasteiger partial charge in [0.2, 0.25) is 11.8 Å². The number of aryl methyl sites for hydroxylation is 1. The van der Waals surface area contributed by atoms with Crippen molar-refractivity contribution < 1.29 is 23.2 Å². The number of amides is 3. The van der Waals surface area contributed by atoms with Crippen LogP contribution in [-0.4, -0.2) is 33.6 Å². The van der Waals surface area contributed by atoms with Gasteiger partial charge in [-0.05, 0) is 43.5 Å². The van der Waals surface area contributed by atoms with E-state index < -0.39 is 35.4 Å². The molecule has 1 unspecified atom stereocenters. The Morgan fingerprint density at radius 2 is 1.93 bits per heavy atom. The Bertz CT molecular complexity index is 1080. The highest BCUT2D eigenvalue weighted by atomic mass is 19.1. The summed E-state index contributed by atoms with van der Waals surface area (Å²) in [7, 11) is 0. The van der Waals surface area contributed by atoms with Gasteiger partial charge in [0.05, 0.1) is 23.4 Å². The average Bonchev–Trinajstić information content (AvgIpc) is 2.96. The second-order valence-corrected chi connectivity index (χ2v) is 7.31. The van der Waals surface area contributed by atoms with Crippen LogP contribution in [0.1, 0.15) is 39.9 Å². The molecule has 0 radical (unpaired) electrons. The Morgan fingerprint density at radius 1 is 1.21 bits per heavy atom. The molecule has 3 heterocycles. The van der Waals surface area contributed by atoms with Crippen molar-refractivity contribution in [3.05, 3.63) is 46.0 Å². The minimum Gasteiger partial charge on any atom is -0.383 e. The van der Waals surface area contributed by atoms with Crippen molar-refractivity contribution in [3.8, 4) is 11.3 Å². The number of piperidine rings is 1. The van der Waals surface area contributed by atoms with Crippen molar-refractivity contribution in [2.75, 3.05) is 5.73 Å². The molecule has 0 bridgehead atoms. The lowest BCUT2D eigenvalue weighted by molar-refractivity contribution is -0.136. The molecule has 3 N–H and O–H groups in total. The molecule has 0 spiro atoms. The number of carbonyl (C=O) groups excluding carboxylic acids is 3. The second kappa shape index (κ2) is 6.61. The summed E-state index contributed by atoms with van der Waals surface area (Å²) in [5.74, 6) is -3.36. The van der Waals surface area contributed by atoms with Gasteiger partial charge in [-0.2, -0.15) is 0 Å². The van der Waals surface area contributed by atoms with Gasteiger partial charge in [-0.25, -0.2) is 13.8 Å². The van der Waals surface area contributed by atoms with E-state index in [0.29, 0.717) is 0 Å². The van der Waals surface area contributed by atoms with Crippen molar-refractivity contribution in [3.63, 3.8) is 0 Å². The summed E-state index contributed by atoms with van der Waals surface area (Å²) in [5, 5.41) is 2.17. The SMILES string of the molecule is Cc1cc(-c2c(F)cc3c(c2F)CN(C2CCC(=O)NC2=O)C3=O)nc(N)c1C. The predicted octanol–water partition coefficient (Wildman–Crippen LogP) is 1.99. The van der Waals surface area contributed by atoms with Crippen LogP contribution in [0.5, 0.6) is 0 Å². The van der Waals surface area contributed by atoms with Gasteiger partial charge in [0.1, 0.15) is 23.5 Å². The summed E-state index contributed by atoms with van der Waals surface area (Å²) in [6, 6.07) is 1.59. The van der Waals surface area contributed by atoms with Crippen LogP contribution in [0.25, 0.3) is 11.3 Å². The number of nitrogen functional groups attached to an aromatic ring is 1. The van der Waals surface area contributed by atoms with E-state index in [-0.39, 0.29) is 47.6 Å². The van der Waals surface area contributed by atoms with Crippen LogP contribution in [-0.2, 0) is 16.1 Å². The van der Waals surface area contributed by atoms with Crippen molar-refractivity contribution in [1.29, 1.82) is 0 Å². The first-order valence-corrected chi connectivity index (χ1v) is 9.08. The topological polar surface area (TPSA) is 105 Å². The number of aromatic nitrogens is 1. The first kappa shape index (κ1) is 19.0. The quantitative estimate of drug-likeness (QED) is 0.750. The lowest BCUT2D eigenvalue weighted by atomic mass is 10.00. The molecule has 3 amide bonds. The molecular weight excluding hydrogens is 382 g/mol. The Morgan fingerprint density at radius 3 is 2.59 bits per heavy atom. The number of carbonyl (C=O) groups is 3. The maximum Gasteiger partial charge on any atom is 0.255 e. The summed E-state index contributed by atoms with van der Waals surface area (Å²) in [5.41, 5.74) is 6.83. The Labute approximate surface area is 164 Å². The van der Waals surface area contributed by atoms with Crippen LogP contribution in [0.3, 0.4) is 0 Å². The summed E-state index contributed by atoms with van der Waals surface area (Å²) in [6.45, 7) is 3.32. The fourth-order valence-corrected chi connectivity index (χ4v) is 3.76. The van der Waals surface area contributed by atoms with E-state index in [9.17, 15) is 18.8 Å². The molecule has 4 rings (SSSR count). The lowest BCUT2D eigenvalue weighted by Crippen LogP contribution is -2.52. The maximum atomic E-state index is 15.3. The summed E-state index contributed by atoms with van der Waals surface area (Å²) in [4.78, 5) is 41.5. The molecule has 1 aromatic heterocycles. The zero-order chi connectivity index (χ0) is 21.0. The number of nitrogens with two attached hydrogens (primary N) is 1. The van der Waals surface area contributed by atoms with E-state index in [1.165, 1.54) is 11.0 Å². The lowest BCUT2D eigenvalue weighted by Gasteiger charge is -2.29. The number of pyridine rings is 1. The number of halogens is 2. The normalized spacial score (nSPS) is 18.8. The molecule has 1 saturated heterocycles. The molecule has 1 atom stereocenters. The monoisotopic (exact) mass is 400 g/mol. The number of rotatable bonds is 2. The number of hydrogen-bond donors (Lipinski definition) is 2. The Kier molecular flexibility index (Phi) is 4.33. The molecule has 0 aliphatic carbocycles. The third-order valence-electron chi connectivity index (χ3n) is 5.55. The third kappa shape index (κ3) is 2.93. The minimum absolute atomic E-state index is 0.00491. The molecule has 0 saturated carbocycles. The zero-order valence-corrected chi connectivity index (χ0v) is 15.8. The van der Waals surface area contributed by atoms with E-state index in [1.807, 2.05) is 0 Å². The number of imide groups is 1. The summed E-state index contributed by atoms with van der Waals surface area (Å²) >= 11 is 0. The van der Waals surface area contributed by atoms with Gasteiger partial charge < -0.3 is 10.6 Å². The highest BCUT2D eigenvalue weighted by Gasteiger charge is 2.41. The molecule has 7 nitrogen and oxygen atoms in total. The molecule has 150 valence electrons. The highest BCUT2D eigenvalue weighted by Crippen LogP contribution is 2.36. The molecule has 1 aromatic carbocycles. The van der Waals surface area contributed by atoms with Crippen LogP contribution in [0.4, 0.5) is 14.6 Å². The summed E-state index contributed by atoms with van der Waals surface area (Å²) < 4.78 is 30.1. The first-order valence-electron chi connectivity index (χ1n) is 9.08. The first-order chi connectivity index (χ1) is 13.7. The van der Waals surface area contributed by atoms with Crippen molar-refractivity contribution in [1.82, 2.24) is 15.2 Å². The fraction of sp³-hybridized carbons (Fsp3) is 0.300. The van der Waals surface area contributed by atoms with E-state index in [2.05, 4.69) is 10.3 Å². The van der Waals surface area contributed by atoms with Gasteiger partial charge in [0, 0.05) is 12.0 Å². The van der Waals surface area contributed by atoms with Crippen molar-refractivity contribution in [2.45, 2.75) is 39.3 Å². The standard InChI is InChI=1S/C20H18F2N4O3/c1-8-5-13(24-18(23)9(8)2)16-12(21)6-10-11(17(16)22)7-26(20(10)29)14-3-4-15(27)25-19(14)28/h5-6,14H,3-4,7H2,1-2H3,(H2,23,24)(H,25,27,28). The predicted molar refractivity (Wildman–Crippen MR) is 99.5 cm³/mol. The van der Waals surface area contributed by atoms with Gasteiger partial charge >= 0.3 is 0 Å². The second-order valence-electron chi connectivity index (χ2n) is 7.31. The van der Waals surface area contributed by atoms with E-state index >= 15 is 4.39 Å². The molecule has 1 fully saturated rings. The van der Waals surface area contributed by atoms with Crippen LogP contribution < -0.4 is 11.1 Å². The Balaban J connectivity index is 1.77. The third-order valence-corrected chi connectivity index (χ3v) is 5.55. The van der Waals surface area contributed by atoms with Crippen LogP contribution >= 0.6 is 0 Å². The van der Waals surface area contributed by atoms with Gasteiger partial charge in [0.25, 0.3) is 5.91 Å². The van der Waals surface area contributed by atoms with E-state index in [0.717, 1.165) is 17.2 Å². The smallest absolute Gasteiger partial charge is 0.255 e. The van der Waals surface area contributed by atoms with Crippen molar-refractivity contribution >= 4 is 23.5 Å². The highest BCUT2D eigenvalue weighted by molar-refractivity contribution is 6.05. The van der Waals surface area contributed by atoms with Crippen molar-refractivity contribution in [2.24, 2.45) is 0 Å². The van der Waals surface area contributed by atoms with Crippen LogP contribution in [0.2, 0.25) is 0 Å². The Hall–Kier alpha value is -3.36. The van der Waals surface area contributed by atoms with Crippen LogP contribution in [0, 0.1) is 25.5 Å². The molecule has 2 aliphatic rings. The average molecular weight is 400 g/mol. The molecule has 9 heteroatoms. The fourth-order valence-electron chi connectivity index (χ4n) is 3.76. The largest absolute Gasteiger partial charge is 0.383 e.